The molecule has 28 heavy (non-hydrogen) atoms. The molecule has 3 amide bonds. The molecule has 3 aromatic rings. The number of amides is 3. The van der Waals surface area contributed by atoms with Gasteiger partial charge in [0.25, 0.3) is 5.91 Å². The maximum absolute atomic E-state index is 13.9. The SMILES string of the molecule is O=C(Nc1cccc(NC(=O)c2ccc(-c3ccccc3F)s2)c1)NC1CC1. The molecule has 1 heterocycles. The molecule has 0 spiro atoms. The van der Waals surface area contributed by atoms with Crippen LogP contribution < -0.4 is 16.0 Å². The minimum absolute atomic E-state index is 0.251. The van der Waals surface area contributed by atoms with E-state index in [1.807, 2.05) is 0 Å². The summed E-state index contributed by atoms with van der Waals surface area (Å²) in [6.45, 7) is 0. The van der Waals surface area contributed by atoms with Gasteiger partial charge in [-0.15, -0.1) is 11.3 Å². The summed E-state index contributed by atoms with van der Waals surface area (Å²) in [4.78, 5) is 25.5. The lowest BCUT2D eigenvalue weighted by atomic mass is 10.2. The zero-order valence-electron chi connectivity index (χ0n) is 14.9. The standard InChI is InChI=1S/C21H18FN3O2S/c22-17-7-2-1-6-16(17)18-10-11-19(28-18)20(26)23-14-4-3-5-15(12-14)25-21(27)24-13-8-9-13/h1-7,10-13H,8-9H2,(H,23,26)(H2,24,25,27). The second kappa shape index (κ2) is 7.82. The van der Waals surface area contributed by atoms with E-state index in [1.54, 1.807) is 54.6 Å². The van der Waals surface area contributed by atoms with Crippen LogP contribution in [-0.2, 0) is 0 Å². The molecule has 0 unspecified atom stereocenters. The van der Waals surface area contributed by atoms with Crippen LogP contribution in [0.2, 0.25) is 0 Å². The van der Waals surface area contributed by atoms with Crippen LogP contribution in [0.3, 0.4) is 0 Å². The summed E-state index contributed by atoms with van der Waals surface area (Å²) in [5.41, 5.74) is 1.63. The average molecular weight is 395 g/mol. The van der Waals surface area contributed by atoms with Crippen molar-refractivity contribution in [2.24, 2.45) is 0 Å². The highest BCUT2D eigenvalue weighted by molar-refractivity contribution is 7.17. The summed E-state index contributed by atoms with van der Waals surface area (Å²) < 4.78 is 13.9. The van der Waals surface area contributed by atoms with Crippen LogP contribution in [0.1, 0.15) is 22.5 Å². The maximum Gasteiger partial charge on any atom is 0.319 e. The average Bonchev–Trinajstić information content (AvgIpc) is 3.34. The van der Waals surface area contributed by atoms with E-state index in [1.165, 1.54) is 17.4 Å². The van der Waals surface area contributed by atoms with Gasteiger partial charge in [0.05, 0.1) is 4.88 Å². The number of hydrogen-bond donors (Lipinski definition) is 3. The molecule has 0 aliphatic heterocycles. The van der Waals surface area contributed by atoms with Gasteiger partial charge in [-0.25, -0.2) is 9.18 Å². The molecule has 5 nitrogen and oxygen atoms in total. The Labute approximate surface area is 165 Å². The molecule has 0 radical (unpaired) electrons. The quantitative estimate of drug-likeness (QED) is 0.563. The lowest BCUT2D eigenvalue weighted by Crippen LogP contribution is -2.30. The molecular formula is C21H18FN3O2S. The normalized spacial score (nSPS) is 13.0. The van der Waals surface area contributed by atoms with E-state index in [-0.39, 0.29) is 23.8 Å². The molecule has 142 valence electrons. The van der Waals surface area contributed by atoms with Gasteiger partial charge in [0.15, 0.2) is 0 Å². The second-order valence-corrected chi connectivity index (χ2v) is 7.64. The van der Waals surface area contributed by atoms with Gasteiger partial charge in [-0.3, -0.25) is 4.79 Å². The van der Waals surface area contributed by atoms with Crippen LogP contribution in [0.25, 0.3) is 10.4 Å². The van der Waals surface area contributed by atoms with Gasteiger partial charge in [0, 0.05) is 27.9 Å². The van der Waals surface area contributed by atoms with Crippen molar-refractivity contribution in [3.63, 3.8) is 0 Å². The predicted molar refractivity (Wildman–Crippen MR) is 109 cm³/mol. The fourth-order valence-corrected chi connectivity index (χ4v) is 3.64. The Morgan fingerprint density at radius 2 is 1.68 bits per heavy atom. The number of hydrogen-bond acceptors (Lipinski definition) is 3. The van der Waals surface area contributed by atoms with Crippen molar-refractivity contribution >= 4 is 34.6 Å². The van der Waals surface area contributed by atoms with E-state index in [0.717, 1.165) is 12.8 Å². The first-order valence-electron chi connectivity index (χ1n) is 8.92. The third-order valence-electron chi connectivity index (χ3n) is 4.26. The van der Waals surface area contributed by atoms with Gasteiger partial charge in [-0.1, -0.05) is 24.3 Å². The molecule has 4 rings (SSSR count). The van der Waals surface area contributed by atoms with Crippen LogP contribution in [0, 0.1) is 5.82 Å². The Kier molecular flexibility index (Phi) is 5.08. The lowest BCUT2D eigenvalue weighted by Gasteiger charge is -2.09. The van der Waals surface area contributed by atoms with Crippen LogP contribution in [0.15, 0.2) is 60.7 Å². The van der Waals surface area contributed by atoms with E-state index < -0.39 is 0 Å². The highest BCUT2D eigenvalue weighted by Crippen LogP contribution is 2.30. The van der Waals surface area contributed by atoms with Crippen molar-refractivity contribution in [2.45, 2.75) is 18.9 Å². The van der Waals surface area contributed by atoms with Crippen molar-refractivity contribution in [2.75, 3.05) is 10.6 Å². The maximum atomic E-state index is 13.9. The van der Waals surface area contributed by atoms with Gasteiger partial charge in [-0.2, -0.15) is 0 Å². The summed E-state index contributed by atoms with van der Waals surface area (Å²) in [5.74, 6) is -0.605. The molecule has 1 aliphatic rings. The highest BCUT2D eigenvalue weighted by atomic mass is 32.1. The molecule has 7 heteroatoms. The summed E-state index contributed by atoms with van der Waals surface area (Å²) in [6, 6.07) is 16.8. The number of halogens is 1. The minimum atomic E-state index is -0.320. The number of carbonyl (C=O) groups is 2. The predicted octanol–water partition coefficient (Wildman–Crippen LogP) is 5.09. The number of thiophene rings is 1. The Morgan fingerprint density at radius 1 is 0.929 bits per heavy atom. The van der Waals surface area contributed by atoms with Crippen LogP contribution in [0.4, 0.5) is 20.6 Å². The van der Waals surface area contributed by atoms with Gasteiger partial charge < -0.3 is 16.0 Å². The van der Waals surface area contributed by atoms with E-state index >= 15 is 0 Å². The van der Waals surface area contributed by atoms with Crippen LogP contribution in [0.5, 0.6) is 0 Å². The van der Waals surface area contributed by atoms with Crippen LogP contribution >= 0.6 is 11.3 Å². The molecule has 0 saturated heterocycles. The lowest BCUT2D eigenvalue weighted by molar-refractivity contribution is 0.103. The van der Waals surface area contributed by atoms with E-state index in [0.29, 0.717) is 26.7 Å². The number of nitrogens with one attached hydrogen (secondary N) is 3. The van der Waals surface area contributed by atoms with Crippen molar-refractivity contribution in [3.05, 3.63) is 71.4 Å². The first kappa shape index (κ1) is 18.2. The van der Waals surface area contributed by atoms with E-state index in [4.69, 9.17) is 0 Å². The fraction of sp³-hybridized carbons (Fsp3) is 0.143. The second-order valence-electron chi connectivity index (χ2n) is 6.55. The Bertz CT molecular complexity index is 1030. The number of anilines is 2. The van der Waals surface area contributed by atoms with Gasteiger partial charge in [0.2, 0.25) is 0 Å². The summed E-state index contributed by atoms with van der Waals surface area (Å²) >= 11 is 1.22. The molecule has 1 saturated carbocycles. The molecule has 2 aromatic carbocycles. The van der Waals surface area contributed by atoms with Crippen molar-refractivity contribution in [1.29, 1.82) is 0 Å². The van der Waals surface area contributed by atoms with Gasteiger partial charge >= 0.3 is 6.03 Å². The summed E-state index contributed by atoms with van der Waals surface area (Å²) in [5, 5.41) is 8.41. The Balaban J connectivity index is 1.43. The third kappa shape index (κ3) is 4.37. The molecule has 1 fully saturated rings. The molecular weight excluding hydrogens is 377 g/mol. The zero-order valence-corrected chi connectivity index (χ0v) is 15.7. The monoisotopic (exact) mass is 395 g/mol. The first-order chi connectivity index (χ1) is 13.6. The summed E-state index contributed by atoms with van der Waals surface area (Å²) in [6.07, 6.45) is 2.03. The van der Waals surface area contributed by atoms with Crippen molar-refractivity contribution < 1.29 is 14.0 Å². The van der Waals surface area contributed by atoms with E-state index in [9.17, 15) is 14.0 Å². The molecule has 0 bridgehead atoms. The minimum Gasteiger partial charge on any atom is -0.335 e. The van der Waals surface area contributed by atoms with Crippen molar-refractivity contribution in [1.82, 2.24) is 5.32 Å². The molecule has 1 aliphatic carbocycles. The van der Waals surface area contributed by atoms with Crippen molar-refractivity contribution in [3.8, 4) is 10.4 Å². The smallest absolute Gasteiger partial charge is 0.319 e. The van der Waals surface area contributed by atoms with E-state index in [2.05, 4.69) is 16.0 Å². The number of rotatable bonds is 5. The Morgan fingerprint density at radius 3 is 2.43 bits per heavy atom. The van der Waals surface area contributed by atoms with Crippen LogP contribution in [-0.4, -0.2) is 18.0 Å². The summed E-state index contributed by atoms with van der Waals surface area (Å²) in [7, 11) is 0. The number of urea groups is 1. The topological polar surface area (TPSA) is 70.2 Å². The molecule has 0 atom stereocenters. The number of benzene rings is 2. The zero-order chi connectivity index (χ0) is 19.5. The highest BCUT2D eigenvalue weighted by Gasteiger charge is 2.23. The van der Waals surface area contributed by atoms with Gasteiger partial charge in [0.1, 0.15) is 5.82 Å². The third-order valence-corrected chi connectivity index (χ3v) is 5.38. The first-order valence-corrected chi connectivity index (χ1v) is 9.74. The van der Waals surface area contributed by atoms with Gasteiger partial charge in [-0.05, 0) is 49.2 Å². The largest absolute Gasteiger partial charge is 0.335 e. The molecule has 3 N–H and O–H groups in total. The molecule has 1 aromatic heterocycles. The fourth-order valence-electron chi connectivity index (χ4n) is 2.71. The number of carbonyl (C=O) groups excluding carboxylic acids is 2. The Hall–Kier alpha value is -3.19.